The Bertz CT molecular complexity index is 734. The molecule has 0 saturated heterocycles. The Morgan fingerprint density at radius 1 is 1.30 bits per heavy atom. The van der Waals surface area contributed by atoms with Gasteiger partial charge in [0.1, 0.15) is 11.8 Å². The number of benzene rings is 1. The van der Waals surface area contributed by atoms with Gasteiger partial charge in [0, 0.05) is 17.8 Å². The van der Waals surface area contributed by atoms with Crippen molar-refractivity contribution in [3.05, 3.63) is 57.9 Å². The van der Waals surface area contributed by atoms with Gasteiger partial charge in [-0.2, -0.15) is 9.65 Å². The van der Waals surface area contributed by atoms with Crippen molar-refractivity contribution in [2.24, 2.45) is 0 Å². The summed E-state index contributed by atoms with van der Waals surface area (Å²) in [7, 11) is 0. The van der Waals surface area contributed by atoms with E-state index in [1.165, 1.54) is 12.1 Å². The van der Waals surface area contributed by atoms with Crippen LogP contribution in [0.4, 0.5) is 17.6 Å². The third-order valence-electron chi connectivity index (χ3n) is 2.84. The Morgan fingerprint density at radius 2 is 1.91 bits per heavy atom. The molecule has 0 bridgehead atoms. The molecule has 23 heavy (non-hydrogen) atoms. The summed E-state index contributed by atoms with van der Waals surface area (Å²) >= 11 is 0. The first-order chi connectivity index (χ1) is 10.6. The summed E-state index contributed by atoms with van der Waals surface area (Å²) in [5.74, 6) is -3.45. The molecule has 2 rings (SSSR count). The van der Waals surface area contributed by atoms with Gasteiger partial charge >= 0.3 is 17.9 Å². The fourth-order valence-corrected chi connectivity index (χ4v) is 1.82. The zero-order valence-electron chi connectivity index (χ0n) is 11.1. The molecule has 120 valence electrons. The first-order valence-electron chi connectivity index (χ1n) is 5.95. The Balaban J connectivity index is 2.30. The molecule has 1 aromatic carbocycles. The van der Waals surface area contributed by atoms with E-state index in [9.17, 15) is 27.7 Å². The van der Waals surface area contributed by atoms with E-state index in [1.807, 2.05) is 5.32 Å². The van der Waals surface area contributed by atoms with E-state index in [2.05, 4.69) is 4.74 Å². The van der Waals surface area contributed by atoms with E-state index in [0.717, 1.165) is 30.5 Å². The van der Waals surface area contributed by atoms with E-state index in [-0.39, 0.29) is 11.1 Å². The van der Waals surface area contributed by atoms with Crippen LogP contribution in [0.3, 0.4) is 0 Å². The first-order valence-corrected chi connectivity index (χ1v) is 5.95. The minimum Gasteiger partial charge on any atom is -0.406 e. The van der Waals surface area contributed by atoms with Crippen LogP contribution in [0.2, 0.25) is 0 Å². The Labute approximate surface area is 126 Å². The second-order valence-electron chi connectivity index (χ2n) is 4.37. The zero-order valence-corrected chi connectivity index (χ0v) is 11.1. The Morgan fingerprint density at radius 3 is 2.39 bits per heavy atom. The minimum absolute atomic E-state index is 0.124. The summed E-state index contributed by atoms with van der Waals surface area (Å²) in [6.07, 6.45) is -2.98. The number of nitrogens with one attached hydrogen (secondary N) is 1. The van der Waals surface area contributed by atoms with Crippen molar-refractivity contribution in [3.63, 3.8) is 0 Å². The molecular weight excluding hydrogens is 322 g/mol. The summed E-state index contributed by atoms with van der Waals surface area (Å²) in [5.41, 5.74) is -0.627. The highest BCUT2D eigenvalue weighted by Gasteiger charge is 2.45. The average molecular weight is 329 g/mol. The van der Waals surface area contributed by atoms with Gasteiger partial charge < -0.3 is 10.1 Å². The van der Waals surface area contributed by atoms with Gasteiger partial charge in [-0.15, -0.1) is 13.2 Å². The molecular formula is C13H7F4N3O3. The van der Waals surface area contributed by atoms with Crippen molar-refractivity contribution >= 4 is 5.57 Å². The number of nitrogens with zero attached hydrogens (tertiary/aromatic N) is 2. The molecule has 1 atom stereocenters. The van der Waals surface area contributed by atoms with Gasteiger partial charge in [-0.1, -0.05) is 12.1 Å². The molecule has 0 aromatic heterocycles. The van der Waals surface area contributed by atoms with E-state index < -0.39 is 28.5 Å². The summed E-state index contributed by atoms with van der Waals surface area (Å²) in [6.45, 7) is 0. The third kappa shape index (κ3) is 3.57. The van der Waals surface area contributed by atoms with Crippen molar-refractivity contribution in [2.75, 3.05) is 0 Å². The minimum atomic E-state index is -4.84. The maximum absolute atomic E-state index is 14.0. The van der Waals surface area contributed by atoms with Crippen LogP contribution < -0.4 is 10.1 Å². The van der Waals surface area contributed by atoms with Crippen molar-refractivity contribution in [1.29, 1.82) is 5.26 Å². The number of hydrogen-bond acceptors (Lipinski definition) is 5. The normalized spacial score (nSPS) is 20.7. The molecule has 0 amide bonds. The highest BCUT2D eigenvalue weighted by Crippen LogP contribution is 2.30. The van der Waals surface area contributed by atoms with Gasteiger partial charge in [-0.3, -0.25) is 10.1 Å². The number of dihydropyridines is 1. The molecule has 10 heteroatoms. The lowest BCUT2D eigenvalue weighted by Gasteiger charge is -2.20. The molecule has 1 N–H and O–H groups in total. The van der Waals surface area contributed by atoms with Crippen molar-refractivity contribution < 1.29 is 27.2 Å². The summed E-state index contributed by atoms with van der Waals surface area (Å²) in [6, 6.07) is 5.57. The Kier molecular flexibility index (Phi) is 3.97. The number of ether oxygens (including phenoxy) is 1. The lowest BCUT2D eigenvalue weighted by molar-refractivity contribution is -0.439. The summed E-state index contributed by atoms with van der Waals surface area (Å²) in [4.78, 5) is 9.80. The molecule has 1 heterocycles. The maximum Gasteiger partial charge on any atom is 0.573 e. The fraction of sp³-hybridized carbons (Fsp3) is 0.154. The first kappa shape index (κ1) is 16.3. The number of nitro groups is 1. The van der Waals surface area contributed by atoms with Gasteiger partial charge in [0.15, 0.2) is 0 Å². The van der Waals surface area contributed by atoms with Gasteiger partial charge in [0.05, 0.1) is 4.92 Å². The number of nitriles is 1. The fourth-order valence-electron chi connectivity index (χ4n) is 1.82. The molecule has 6 nitrogen and oxygen atoms in total. The standard InChI is InChI=1S/C13H7F4N3O3/c14-12(7-18)11(20(21)22)5-9(6-19-12)8-1-3-10(4-2-8)23-13(15,16)17/h1-6,19H. The molecule has 0 saturated carbocycles. The van der Waals surface area contributed by atoms with E-state index in [1.54, 1.807) is 0 Å². The molecule has 0 spiro atoms. The second kappa shape index (κ2) is 5.60. The quantitative estimate of drug-likeness (QED) is 0.399. The van der Waals surface area contributed by atoms with Gasteiger partial charge in [0.2, 0.25) is 0 Å². The summed E-state index contributed by atoms with van der Waals surface area (Å²) in [5, 5.41) is 21.5. The van der Waals surface area contributed by atoms with Crippen molar-refractivity contribution in [3.8, 4) is 11.8 Å². The lowest BCUT2D eigenvalue weighted by Crippen LogP contribution is -2.42. The predicted octanol–water partition coefficient (Wildman–Crippen LogP) is 2.88. The zero-order chi connectivity index (χ0) is 17.3. The van der Waals surface area contributed by atoms with Crippen LogP contribution in [-0.4, -0.2) is 17.1 Å². The highest BCUT2D eigenvalue weighted by atomic mass is 19.4. The average Bonchev–Trinajstić information content (AvgIpc) is 2.47. The third-order valence-corrected chi connectivity index (χ3v) is 2.84. The van der Waals surface area contributed by atoms with Crippen LogP contribution in [0.25, 0.3) is 5.57 Å². The second-order valence-corrected chi connectivity index (χ2v) is 4.37. The number of allylic oxidation sites excluding steroid dienone is 2. The molecule has 1 unspecified atom stereocenters. The molecule has 0 radical (unpaired) electrons. The molecule has 1 aliphatic heterocycles. The van der Waals surface area contributed by atoms with Crippen LogP contribution in [0, 0.1) is 21.4 Å². The smallest absolute Gasteiger partial charge is 0.406 e. The molecule has 0 fully saturated rings. The van der Waals surface area contributed by atoms with E-state index >= 15 is 0 Å². The number of hydrogen-bond donors (Lipinski definition) is 1. The van der Waals surface area contributed by atoms with E-state index in [0.29, 0.717) is 0 Å². The molecule has 1 aromatic rings. The van der Waals surface area contributed by atoms with Crippen LogP contribution in [0.1, 0.15) is 5.56 Å². The van der Waals surface area contributed by atoms with Crippen LogP contribution in [0.5, 0.6) is 5.75 Å². The van der Waals surface area contributed by atoms with Gasteiger partial charge in [-0.25, -0.2) is 0 Å². The maximum atomic E-state index is 14.0. The molecule has 1 aliphatic rings. The van der Waals surface area contributed by atoms with Gasteiger partial charge in [-0.05, 0) is 17.7 Å². The number of halogens is 4. The van der Waals surface area contributed by atoms with E-state index in [4.69, 9.17) is 5.26 Å². The van der Waals surface area contributed by atoms with Crippen LogP contribution >= 0.6 is 0 Å². The lowest BCUT2D eigenvalue weighted by atomic mass is 10.00. The monoisotopic (exact) mass is 329 g/mol. The Hall–Kier alpha value is -3.09. The van der Waals surface area contributed by atoms with Crippen molar-refractivity contribution in [1.82, 2.24) is 5.32 Å². The van der Waals surface area contributed by atoms with Crippen LogP contribution in [-0.2, 0) is 0 Å². The van der Waals surface area contributed by atoms with Crippen molar-refractivity contribution in [2.45, 2.75) is 12.2 Å². The van der Waals surface area contributed by atoms with Crippen LogP contribution in [0.15, 0.2) is 42.2 Å². The number of alkyl halides is 4. The summed E-state index contributed by atoms with van der Waals surface area (Å²) < 4.78 is 53.9. The number of rotatable bonds is 3. The largest absolute Gasteiger partial charge is 0.573 e. The SMILES string of the molecule is N#CC1(F)NC=C(c2ccc(OC(F)(F)F)cc2)C=C1[N+](=O)[O-]. The highest BCUT2D eigenvalue weighted by molar-refractivity contribution is 5.76. The topological polar surface area (TPSA) is 88.2 Å². The molecule has 0 aliphatic carbocycles. The predicted molar refractivity (Wildman–Crippen MR) is 68.8 cm³/mol. The van der Waals surface area contributed by atoms with Gasteiger partial charge in [0.25, 0.3) is 0 Å².